The lowest BCUT2D eigenvalue weighted by Crippen LogP contribution is -2.38. The van der Waals surface area contributed by atoms with Crippen molar-refractivity contribution in [2.24, 2.45) is 0 Å². The van der Waals surface area contributed by atoms with E-state index in [4.69, 9.17) is 10.00 Å². The van der Waals surface area contributed by atoms with Crippen molar-refractivity contribution in [1.29, 1.82) is 5.26 Å². The zero-order valence-electron chi connectivity index (χ0n) is 12.2. The summed E-state index contributed by atoms with van der Waals surface area (Å²) in [5.41, 5.74) is -1.70. The zero-order valence-corrected chi connectivity index (χ0v) is 12.2. The second-order valence-corrected chi connectivity index (χ2v) is 5.30. The normalized spacial score (nSPS) is 17.2. The lowest BCUT2D eigenvalue weighted by molar-refractivity contribution is -0.176. The van der Waals surface area contributed by atoms with Crippen LogP contribution in [0, 0.1) is 18.3 Å². The number of Topliss-reactive ketones (excluding diaryl/α,β-unsaturated/α-hetero) is 1. The average molecular weight is 335 g/mol. The quantitative estimate of drug-likeness (QED) is 0.755. The maximum Gasteiger partial charge on any atom is 0.376 e. The summed E-state index contributed by atoms with van der Waals surface area (Å²) >= 11 is 0. The second kappa shape index (κ2) is 5.06. The first kappa shape index (κ1) is 16.0. The van der Waals surface area contributed by atoms with E-state index in [2.05, 4.69) is 0 Å². The molecule has 2 aromatic carbocycles. The van der Waals surface area contributed by atoms with E-state index < -0.39 is 28.8 Å². The van der Waals surface area contributed by atoms with Crippen LogP contribution in [0.25, 0.3) is 0 Å². The number of nitriles is 1. The minimum absolute atomic E-state index is 0.0432. The molecule has 0 amide bonds. The highest BCUT2D eigenvalue weighted by Crippen LogP contribution is 2.53. The molecule has 0 aliphatic heterocycles. The minimum Gasteiger partial charge on any atom is -0.456 e. The van der Waals surface area contributed by atoms with E-state index >= 15 is 0 Å². The Morgan fingerprint density at radius 3 is 2.33 bits per heavy atom. The predicted octanol–water partition coefficient (Wildman–Crippen LogP) is 4.58. The van der Waals surface area contributed by atoms with Gasteiger partial charge in [-0.3, -0.25) is 4.79 Å². The maximum atomic E-state index is 13.8. The molecule has 7 heteroatoms. The molecule has 0 spiro atoms. The molecule has 0 N–H and O–H groups in total. The van der Waals surface area contributed by atoms with E-state index in [1.807, 2.05) is 6.07 Å². The summed E-state index contributed by atoms with van der Waals surface area (Å²) in [6, 6.07) is 9.87. The summed E-state index contributed by atoms with van der Waals surface area (Å²) in [6.45, 7) is 1.25. The van der Waals surface area contributed by atoms with Gasteiger partial charge in [0.25, 0.3) is 0 Å². The predicted molar refractivity (Wildman–Crippen MR) is 75.6 cm³/mol. The molecule has 0 fully saturated rings. The Kier molecular flexibility index (Phi) is 3.37. The second-order valence-electron chi connectivity index (χ2n) is 5.30. The monoisotopic (exact) mass is 335 g/mol. The van der Waals surface area contributed by atoms with Gasteiger partial charge in [-0.2, -0.15) is 22.8 Å². The van der Waals surface area contributed by atoms with Crippen molar-refractivity contribution < 1.29 is 27.1 Å². The summed E-state index contributed by atoms with van der Waals surface area (Å²) in [4.78, 5) is 11.7. The Labute approximate surface area is 134 Å². The minimum atomic E-state index is -4.79. The van der Waals surface area contributed by atoms with E-state index in [0.717, 1.165) is 12.1 Å². The number of ether oxygens (including phenoxy) is 1. The third kappa shape index (κ3) is 1.99. The SMILES string of the molecule is Cc1c(Oc2ccccc2C#N)ccc2c1C(=O)C(F)(F)C2(F)F. The van der Waals surface area contributed by atoms with Crippen LogP contribution in [0.5, 0.6) is 11.5 Å². The van der Waals surface area contributed by atoms with Crippen LogP contribution in [-0.4, -0.2) is 11.7 Å². The lowest BCUT2D eigenvalue weighted by Gasteiger charge is -2.17. The standard InChI is InChI=1S/C17H9F4NO2/c1-9-12(24-13-5-3-2-4-10(13)8-22)7-6-11-14(9)15(23)17(20,21)16(11,18)19/h2-7H,1H3. The number of rotatable bonds is 2. The van der Waals surface area contributed by atoms with Gasteiger partial charge in [-0.25, -0.2) is 0 Å². The molecular formula is C17H9F4NO2. The van der Waals surface area contributed by atoms with Gasteiger partial charge in [0.05, 0.1) is 5.56 Å². The van der Waals surface area contributed by atoms with Gasteiger partial charge < -0.3 is 4.74 Å². The highest BCUT2D eigenvalue weighted by molar-refractivity contribution is 6.08. The first-order chi connectivity index (χ1) is 11.2. The molecule has 0 heterocycles. The number of fused-ring (bicyclic) bond motifs is 1. The maximum absolute atomic E-state index is 13.8. The highest BCUT2D eigenvalue weighted by atomic mass is 19.3. The molecule has 24 heavy (non-hydrogen) atoms. The molecule has 2 aromatic rings. The van der Waals surface area contributed by atoms with Crippen molar-refractivity contribution in [3.63, 3.8) is 0 Å². The Morgan fingerprint density at radius 2 is 1.67 bits per heavy atom. The molecule has 0 saturated carbocycles. The molecule has 0 aromatic heterocycles. The van der Waals surface area contributed by atoms with Crippen molar-refractivity contribution in [3.8, 4) is 17.6 Å². The van der Waals surface area contributed by atoms with Crippen LogP contribution in [0.4, 0.5) is 17.6 Å². The average Bonchev–Trinajstić information content (AvgIpc) is 2.68. The number of para-hydroxylation sites is 1. The number of carbonyl (C=O) groups excluding carboxylic acids is 1. The van der Waals surface area contributed by atoms with Crippen molar-refractivity contribution in [2.75, 3.05) is 0 Å². The van der Waals surface area contributed by atoms with Gasteiger partial charge in [-0.1, -0.05) is 12.1 Å². The Hall–Kier alpha value is -2.88. The lowest BCUT2D eigenvalue weighted by atomic mass is 10.0. The van der Waals surface area contributed by atoms with Crippen LogP contribution in [0.1, 0.15) is 27.0 Å². The molecule has 1 aliphatic carbocycles. The van der Waals surface area contributed by atoms with E-state index in [1.54, 1.807) is 12.1 Å². The summed E-state index contributed by atoms with van der Waals surface area (Å²) in [5.74, 6) is -11.2. The molecule has 122 valence electrons. The fourth-order valence-corrected chi connectivity index (χ4v) is 2.59. The van der Waals surface area contributed by atoms with Crippen LogP contribution >= 0.6 is 0 Å². The van der Waals surface area contributed by atoms with Crippen LogP contribution < -0.4 is 4.74 Å². The number of ketones is 1. The Morgan fingerprint density at radius 1 is 1.00 bits per heavy atom. The number of benzene rings is 2. The van der Waals surface area contributed by atoms with Gasteiger partial charge >= 0.3 is 11.8 Å². The number of hydrogen-bond donors (Lipinski definition) is 0. The molecule has 3 rings (SSSR count). The fraction of sp³-hybridized carbons (Fsp3) is 0.176. The molecule has 0 atom stereocenters. The molecule has 1 aliphatic rings. The van der Waals surface area contributed by atoms with E-state index in [0.29, 0.717) is 0 Å². The van der Waals surface area contributed by atoms with E-state index in [9.17, 15) is 22.4 Å². The van der Waals surface area contributed by atoms with Gasteiger partial charge in [0, 0.05) is 16.7 Å². The third-order valence-electron chi connectivity index (χ3n) is 3.89. The summed E-state index contributed by atoms with van der Waals surface area (Å²) in [7, 11) is 0. The summed E-state index contributed by atoms with van der Waals surface area (Å²) in [6.07, 6.45) is 0. The zero-order chi connectivity index (χ0) is 17.7. The number of halogens is 4. The van der Waals surface area contributed by atoms with Gasteiger partial charge in [-0.05, 0) is 31.2 Å². The molecule has 0 unspecified atom stereocenters. The summed E-state index contributed by atoms with van der Waals surface area (Å²) < 4.78 is 60.2. The van der Waals surface area contributed by atoms with Crippen molar-refractivity contribution in [1.82, 2.24) is 0 Å². The van der Waals surface area contributed by atoms with Gasteiger partial charge in [-0.15, -0.1) is 0 Å². The largest absolute Gasteiger partial charge is 0.456 e. The van der Waals surface area contributed by atoms with Crippen molar-refractivity contribution in [3.05, 3.63) is 58.7 Å². The third-order valence-corrected chi connectivity index (χ3v) is 3.89. The molecule has 3 nitrogen and oxygen atoms in total. The molecular weight excluding hydrogens is 326 g/mol. The summed E-state index contributed by atoms with van der Waals surface area (Å²) in [5, 5.41) is 9.02. The van der Waals surface area contributed by atoms with Crippen LogP contribution in [-0.2, 0) is 5.92 Å². The van der Waals surface area contributed by atoms with E-state index in [1.165, 1.54) is 19.1 Å². The molecule has 0 saturated heterocycles. The van der Waals surface area contributed by atoms with Crippen LogP contribution in [0.15, 0.2) is 36.4 Å². The number of carbonyl (C=O) groups is 1. The van der Waals surface area contributed by atoms with E-state index in [-0.39, 0.29) is 22.6 Å². The van der Waals surface area contributed by atoms with Gasteiger partial charge in [0.1, 0.15) is 17.6 Å². The smallest absolute Gasteiger partial charge is 0.376 e. The van der Waals surface area contributed by atoms with Gasteiger partial charge in [0.2, 0.25) is 5.78 Å². The molecule has 0 bridgehead atoms. The fourth-order valence-electron chi connectivity index (χ4n) is 2.59. The Bertz CT molecular complexity index is 900. The number of alkyl halides is 4. The van der Waals surface area contributed by atoms with Crippen molar-refractivity contribution in [2.45, 2.75) is 18.8 Å². The number of hydrogen-bond acceptors (Lipinski definition) is 3. The van der Waals surface area contributed by atoms with Crippen molar-refractivity contribution >= 4 is 5.78 Å². The first-order valence-electron chi connectivity index (χ1n) is 6.83. The van der Waals surface area contributed by atoms with Crippen LogP contribution in [0.2, 0.25) is 0 Å². The Balaban J connectivity index is 2.12. The molecule has 0 radical (unpaired) electrons. The highest BCUT2D eigenvalue weighted by Gasteiger charge is 2.69. The van der Waals surface area contributed by atoms with Crippen LogP contribution in [0.3, 0.4) is 0 Å². The van der Waals surface area contributed by atoms with Gasteiger partial charge in [0.15, 0.2) is 0 Å². The number of nitrogens with zero attached hydrogens (tertiary/aromatic N) is 1. The first-order valence-corrected chi connectivity index (χ1v) is 6.83. The topological polar surface area (TPSA) is 50.1 Å².